The minimum absolute atomic E-state index is 0.0799. The number of aryl methyl sites for hydroxylation is 1. The average Bonchev–Trinajstić information content (AvgIpc) is 3.06. The average molecular weight is 372 g/mol. The van der Waals surface area contributed by atoms with E-state index in [9.17, 15) is 9.18 Å². The van der Waals surface area contributed by atoms with Gasteiger partial charge in [0.15, 0.2) is 0 Å². The number of nitrogen functional groups attached to an aromatic ring is 1. The number of amides is 1. The first-order valence-corrected chi connectivity index (χ1v) is 7.93. The SMILES string of the molecule is COc1nc(OCc2c(-c3ccc(F)cc3)noc2C)ccc1C(=O)NN. The Morgan fingerprint density at radius 2 is 2.00 bits per heavy atom. The molecule has 0 saturated heterocycles. The van der Waals surface area contributed by atoms with Crippen molar-refractivity contribution in [1.29, 1.82) is 0 Å². The fourth-order valence-electron chi connectivity index (χ4n) is 2.45. The first kappa shape index (κ1) is 18.3. The molecule has 140 valence electrons. The minimum Gasteiger partial charge on any atom is -0.480 e. The number of rotatable bonds is 6. The molecule has 3 aromatic rings. The highest BCUT2D eigenvalue weighted by molar-refractivity contribution is 5.96. The lowest BCUT2D eigenvalue weighted by atomic mass is 10.1. The molecule has 0 atom stereocenters. The van der Waals surface area contributed by atoms with Gasteiger partial charge in [-0.05, 0) is 37.3 Å². The molecule has 3 N–H and O–H groups in total. The molecular weight excluding hydrogens is 355 g/mol. The number of ether oxygens (including phenoxy) is 2. The molecule has 0 aliphatic rings. The van der Waals surface area contributed by atoms with Crippen LogP contribution in [0.4, 0.5) is 4.39 Å². The second kappa shape index (κ2) is 7.83. The van der Waals surface area contributed by atoms with Gasteiger partial charge in [-0.1, -0.05) is 5.16 Å². The Morgan fingerprint density at radius 1 is 1.26 bits per heavy atom. The zero-order valence-electron chi connectivity index (χ0n) is 14.7. The van der Waals surface area contributed by atoms with Gasteiger partial charge < -0.3 is 14.0 Å². The van der Waals surface area contributed by atoms with Crippen LogP contribution >= 0.6 is 0 Å². The predicted molar refractivity (Wildman–Crippen MR) is 93.4 cm³/mol. The molecular formula is C18H17FN4O4. The molecule has 0 spiro atoms. The maximum Gasteiger partial charge on any atom is 0.270 e. The van der Waals surface area contributed by atoms with Crippen molar-refractivity contribution >= 4 is 5.91 Å². The van der Waals surface area contributed by atoms with Crippen LogP contribution in [-0.4, -0.2) is 23.2 Å². The first-order valence-electron chi connectivity index (χ1n) is 7.93. The molecule has 2 heterocycles. The Kier molecular flexibility index (Phi) is 5.32. The van der Waals surface area contributed by atoms with Crippen molar-refractivity contribution in [3.63, 3.8) is 0 Å². The summed E-state index contributed by atoms with van der Waals surface area (Å²) in [6.07, 6.45) is 0. The van der Waals surface area contributed by atoms with Gasteiger partial charge in [-0.3, -0.25) is 10.2 Å². The molecule has 1 amide bonds. The Labute approximate surface area is 154 Å². The van der Waals surface area contributed by atoms with E-state index in [1.807, 2.05) is 5.43 Å². The molecule has 0 aliphatic carbocycles. The van der Waals surface area contributed by atoms with Crippen LogP contribution in [0.1, 0.15) is 21.7 Å². The summed E-state index contributed by atoms with van der Waals surface area (Å²) >= 11 is 0. The van der Waals surface area contributed by atoms with Gasteiger partial charge in [0.1, 0.15) is 29.4 Å². The Morgan fingerprint density at radius 3 is 2.67 bits per heavy atom. The Bertz CT molecular complexity index is 956. The number of carbonyl (C=O) groups is 1. The number of carbonyl (C=O) groups excluding carboxylic acids is 1. The van der Waals surface area contributed by atoms with Gasteiger partial charge in [-0.2, -0.15) is 4.98 Å². The summed E-state index contributed by atoms with van der Waals surface area (Å²) in [5.41, 5.74) is 4.16. The van der Waals surface area contributed by atoms with Gasteiger partial charge in [-0.25, -0.2) is 10.2 Å². The second-order valence-electron chi connectivity index (χ2n) is 5.54. The molecule has 3 rings (SSSR count). The highest BCUT2D eigenvalue weighted by Gasteiger charge is 2.17. The number of aromatic nitrogens is 2. The first-order chi connectivity index (χ1) is 13.0. The number of hydrazine groups is 1. The van der Waals surface area contributed by atoms with Crippen molar-refractivity contribution in [2.24, 2.45) is 5.84 Å². The van der Waals surface area contributed by atoms with E-state index in [2.05, 4.69) is 10.1 Å². The number of nitrogens with two attached hydrogens (primary N) is 1. The number of benzene rings is 1. The quantitative estimate of drug-likeness (QED) is 0.388. The molecule has 0 aliphatic heterocycles. The number of hydrogen-bond acceptors (Lipinski definition) is 7. The van der Waals surface area contributed by atoms with Gasteiger partial charge in [0.25, 0.3) is 5.91 Å². The van der Waals surface area contributed by atoms with E-state index in [-0.39, 0.29) is 29.7 Å². The van der Waals surface area contributed by atoms with Gasteiger partial charge >= 0.3 is 0 Å². The van der Waals surface area contributed by atoms with Crippen LogP contribution in [0.15, 0.2) is 40.9 Å². The normalized spacial score (nSPS) is 10.5. The maximum absolute atomic E-state index is 13.1. The molecule has 1 aromatic carbocycles. The Hall–Kier alpha value is -3.46. The summed E-state index contributed by atoms with van der Waals surface area (Å²) in [6.45, 7) is 1.86. The van der Waals surface area contributed by atoms with E-state index < -0.39 is 5.91 Å². The topological polar surface area (TPSA) is 112 Å². The number of halogens is 1. The number of nitrogens with zero attached hydrogens (tertiary/aromatic N) is 2. The zero-order chi connectivity index (χ0) is 19.4. The standard InChI is InChI=1S/C18H17FN4O4/c1-10-14(16(23-27-10)11-3-5-12(19)6-4-11)9-26-15-8-7-13(17(24)22-20)18(21-15)25-2/h3-8H,9,20H2,1-2H3,(H,22,24). The third-order valence-electron chi connectivity index (χ3n) is 3.87. The predicted octanol–water partition coefficient (Wildman–Crippen LogP) is 2.38. The maximum atomic E-state index is 13.1. The van der Waals surface area contributed by atoms with E-state index in [0.29, 0.717) is 22.6 Å². The summed E-state index contributed by atoms with van der Waals surface area (Å²) in [4.78, 5) is 15.8. The van der Waals surface area contributed by atoms with Crippen molar-refractivity contribution < 1.29 is 23.2 Å². The Balaban J connectivity index is 1.82. The van der Waals surface area contributed by atoms with E-state index in [1.54, 1.807) is 19.1 Å². The third kappa shape index (κ3) is 3.87. The fraction of sp³-hybridized carbons (Fsp3) is 0.167. The largest absolute Gasteiger partial charge is 0.480 e. The van der Waals surface area contributed by atoms with Gasteiger partial charge in [0.2, 0.25) is 11.8 Å². The fourth-order valence-corrected chi connectivity index (χ4v) is 2.45. The van der Waals surface area contributed by atoms with Crippen LogP contribution in [0.25, 0.3) is 11.3 Å². The highest BCUT2D eigenvalue weighted by Crippen LogP contribution is 2.27. The van der Waals surface area contributed by atoms with Crippen LogP contribution in [0, 0.1) is 12.7 Å². The van der Waals surface area contributed by atoms with E-state index in [4.69, 9.17) is 19.8 Å². The summed E-state index contributed by atoms with van der Waals surface area (Å²) < 4.78 is 29.2. The molecule has 27 heavy (non-hydrogen) atoms. The lowest BCUT2D eigenvalue weighted by molar-refractivity contribution is 0.0949. The summed E-state index contributed by atoms with van der Waals surface area (Å²) in [6, 6.07) is 8.92. The molecule has 0 saturated carbocycles. The van der Waals surface area contributed by atoms with Crippen LogP contribution in [0.3, 0.4) is 0 Å². The van der Waals surface area contributed by atoms with Crippen molar-refractivity contribution in [3.05, 3.63) is 59.1 Å². The summed E-state index contributed by atoms with van der Waals surface area (Å²) in [5.74, 6) is 5.16. The van der Waals surface area contributed by atoms with Crippen LogP contribution in [0.5, 0.6) is 11.8 Å². The lowest BCUT2D eigenvalue weighted by Gasteiger charge is -2.10. The number of methoxy groups -OCH3 is 1. The second-order valence-corrected chi connectivity index (χ2v) is 5.54. The molecule has 0 radical (unpaired) electrons. The van der Waals surface area contributed by atoms with Crippen molar-refractivity contribution in [2.75, 3.05) is 7.11 Å². The third-order valence-corrected chi connectivity index (χ3v) is 3.87. The van der Waals surface area contributed by atoms with Gasteiger partial charge in [0, 0.05) is 11.6 Å². The smallest absolute Gasteiger partial charge is 0.270 e. The molecule has 2 aromatic heterocycles. The summed E-state index contributed by atoms with van der Waals surface area (Å²) in [5, 5.41) is 4.02. The molecule has 0 bridgehead atoms. The zero-order valence-corrected chi connectivity index (χ0v) is 14.7. The lowest BCUT2D eigenvalue weighted by Crippen LogP contribution is -2.30. The van der Waals surface area contributed by atoms with Crippen LogP contribution in [0.2, 0.25) is 0 Å². The molecule has 9 heteroatoms. The van der Waals surface area contributed by atoms with Crippen LogP contribution in [-0.2, 0) is 6.61 Å². The summed E-state index contributed by atoms with van der Waals surface area (Å²) in [7, 11) is 1.39. The van der Waals surface area contributed by atoms with Crippen molar-refractivity contribution in [1.82, 2.24) is 15.6 Å². The highest BCUT2D eigenvalue weighted by atomic mass is 19.1. The number of pyridine rings is 1. The number of hydrogen-bond donors (Lipinski definition) is 2. The van der Waals surface area contributed by atoms with Crippen LogP contribution < -0.4 is 20.7 Å². The van der Waals surface area contributed by atoms with Crippen molar-refractivity contribution in [3.8, 4) is 23.0 Å². The molecule has 0 fully saturated rings. The molecule has 0 unspecified atom stereocenters. The van der Waals surface area contributed by atoms with Gasteiger partial charge in [-0.15, -0.1) is 0 Å². The molecule has 8 nitrogen and oxygen atoms in total. The van der Waals surface area contributed by atoms with Crippen molar-refractivity contribution in [2.45, 2.75) is 13.5 Å². The van der Waals surface area contributed by atoms with Gasteiger partial charge in [0.05, 0.1) is 12.7 Å². The van der Waals surface area contributed by atoms with E-state index in [0.717, 1.165) is 0 Å². The minimum atomic E-state index is -0.528. The number of nitrogens with one attached hydrogen (secondary N) is 1. The monoisotopic (exact) mass is 372 g/mol. The van der Waals surface area contributed by atoms with E-state index >= 15 is 0 Å². The van der Waals surface area contributed by atoms with E-state index in [1.165, 1.54) is 31.4 Å².